The van der Waals surface area contributed by atoms with Crippen molar-refractivity contribution in [2.24, 2.45) is 11.8 Å². The number of aliphatic hydroxyl groups is 1. The Kier molecular flexibility index (Phi) is 3.36. The van der Waals surface area contributed by atoms with Gasteiger partial charge in [0.05, 0.1) is 6.10 Å². The van der Waals surface area contributed by atoms with Crippen molar-refractivity contribution in [3.8, 4) is 0 Å². The molecule has 2 nitrogen and oxygen atoms in total. The van der Waals surface area contributed by atoms with Crippen molar-refractivity contribution in [2.45, 2.75) is 64.6 Å². The van der Waals surface area contributed by atoms with E-state index in [1.807, 2.05) is 0 Å². The maximum Gasteiger partial charge on any atom is 0.0695 e. The predicted octanol–water partition coefficient (Wildman–Crippen LogP) is 2.27. The first-order valence-corrected chi connectivity index (χ1v) is 6.51. The van der Waals surface area contributed by atoms with E-state index in [9.17, 15) is 5.11 Å². The van der Waals surface area contributed by atoms with Crippen LogP contribution in [0.2, 0.25) is 0 Å². The molecule has 2 aliphatic rings. The van der Waals surface area contributed by atoms with Crippen LogP contribution in [-0.2, 0) is 0 Å². The number of likely N-dealkylation sites (tertiary alicyclic amines) is 1. The highest BCUT2D eigenvalue weighted by molar-refractivity contribution is 4.92. The molecule has 0 aromatic carbocycles. The van der Waals surface area contributed by atoms with Crippen LogP contribution in [0.15, 0.2) is 0 Å². The molecule has 0 amide bonds. The zero-order chi connectivity index (χ0) is 11.0. The molecule has 1 aliphatic heterocycles. The lowest BCUT2D eigenvalue weighted by Crippen LogP contribution is -2.48. The van der Waals surface area contributed by atoms with E-state index in [1.165, 1.54) is 25.8 Å². The maximum atomic E-state index is 10.1. The summed E-state index contributed by atoms with van der Waals surface area (Å²) in [5, 5.41) is 10.1. The van der Waals surface area contributed by atoms with Gasteiger partial charge in [-0.1, -0.05) is 13.8 Å². The fourth-order valence-corrected chi connectivity index (χ4v) is 3.49. The van der Waals surface area contributed by atoms with Gasteiger partial charge in [0.25, 0.3) is 0 Å². The summed E-state index contributed by atoms with van der Waals surface area (Å²) in [6, 6.07) is 1.11. The highest BCUT2D eigenvalue weighted by Crippen LogP contribution is 2.33. The van der Waals surface area contributed by atoms with Crippen LogP contribution in [0.1, 0.15) is 46.5 Å². The number of hydrogen-bond donors (Lipinski definition) is 1. The molecule has 5 atom stereocenters. The average Bonchev–Trinajstić information content (AvgIpc) is 2.50. The predicted molar refractivity (Wildman–Crippen MR) is 62.8 cm³/mol. The molecule has 0 bridgehead atoms. The normalized spacial score (nSPS) is 48.4. The van der Waals surface area contributed by atoms with Gasteiger partial charge in [-0.2, -0.15) is 0 Å². The lowest BCUT2D eigenvalue weighted by molar-refractivity contribution is 0.00166. The lowest BCUT2D eigenvalue weighted by atomic mass is 9.84. The van der Waals surface area contributed by atoms with Gasteiger partial charge in [-0.25, -0.2) is 0 Å². The van der Waals surface area contributed by atoms with Crippen LogP contribution < -0.4 is 0 Å². The molecule has 88 valence electrons. The molecule has 1 aliphatic carbocycles. The molecule has 0 spiro atoms. The molecular formula is C13H25NO. The largest absolute Gasteiger partial charge is 0.391 e. The molecule has 0 aromatic rings. The van der Waals surface area contributed by atoms with Crippen LogP contribution >= 0.6 is 0 Å². The van der Waals surface area contributed by atoms with Crippen molar-refractivity contribution in [2.75, 3.05) is 6.54 Å². The Labute approximate surface area is 93.7 Å². The minimum atomic E-state index is -0.0750. The van der Waals surface area contributed by atoms with Crippen molar-refractivity contribution in [3.05, 3.63) is 0 Å². The van der Waals surface area contributed by atoms with E-state index in [-0.39, 0.29) is 6.10 Å². The topological polar surface area (TPSA) is 23.5 Å². The lowest BCUT2D eigenvalue weighted by Gasteiger charge is -2.40. The standard InChI is InChI=1S/C13H25NO/c1-9-4-5-13(15)12(7-9)14-8-10(2)6-11(14)3/h9-13,15H,4-8H2,1-3H3. The molecule has 0 radical (unpaired) electrons. The summed E-state index contributed by atoms with van der Waals surface area (Å²) < 4.78 is 0. The third kappa shape index (κ3) is 2.36. The molecule has 5 unspecified atom stereocenters. The summed E-state index contributed by atoms with van der Waals surface area (Å²) in [7, 11) is 0. The van der Waals surface area contributed by atoms with Gasteiger partial charge >= 0.3 is 0 Å². The second kappa shape index (κ2) is 4.42. The van der Waals surface area contributed by atoms with Gasteiger partial charge in [0.15, 0.2) is 0 Å². The number of hydrogen-bond acceptors (Lipinski definition) is 2. The van der Waals surface area contributed by atoms with Crippen LogP contribution in [0.25, 0.3) is 0 Å². The van der Waals surface area contributed by atoms with Crippen LogP contribution in [0, 0.1) is 11.8 Å². The zero-order valence-electron chi connectivity index (χ0n) is 10.3. The summed E-state index contributed by atoms with van der Waals surface area (Å²) >= 11 is 0. The molecule has 2 heteroatoms. The quantitative estimate of drug-likeness (QED) is 0.719. The Hall–Kier alpha value is -0.0800. The van der Waals surface area contributed by atoms with Crippen molar-refractivity contribution in [3.63, 3.8) is 0 Å². The Bertz CT molecular complexity index is 219. The van der Waals surface area contributed by atoms with E-state index < -0.39 is 0 Å². The molecule has 1 saturated heterocycles. The Morgan fingerprint density at radius 3 is 2.33 bits per heavy atom. The summed E-state index contributed by atoms with van der Waals surface area (Å²) in [6.07, 6.45) is 4.63. The first-order chi connectivity index (χ1) is 7.08. The molecule has 1 N–H and O–H groups in total. The van der Waals surface area contributed by atoms with Gasteiger partial charge in [0.1, 0.15) is 0 Å². The molecular weight excluding hydrogens is 186 g/mol. The summed E-state index contributed by atoms with van der Waals surface area (Å²) in [5.41, 5.74) is 0. The van der Waals surface area contributed by atoms with Crippen LogP contribution in [-0.4, -0.2) is 34.7 Å². The number of aliphatic hydroxyl groups excluding tert-OH is 1. The molecule has 2 fully saturated rings. The van der Waals surface area contributed by atoms with Crippen LogP contribution in [0.4, 0.5) is 0 Å². The van der Waals surface area contributed by atoms with Crippen molar-refractivity contribution < 1.29 is 5.11 Å². The van der Waals surface area contributed by atoms with E-state index in [0.29, 0.717) is 12.1 Å². The van der Waals surface area contributed by atoms with Crippen molar-refractivity contribution in [1.29, 1.82) is 0 Å². The van der Waals surface area contributed by atoms with Gasteiger partial charge in [-0.05, 0) is 44.4 Å². The molecule has 1 saturated carbocycles. The molecule has 15 heavy (non-hydrogen) atoms. The molecule has 0 aromatic heterocycles. The van der Waals surface area contributed by atoms with Crippen molar-refractivity contribution in [1.82, 2.24) is 4.90 Å². The van der Waals surface area contributed by atoms with Gasteiger partial charge in [-0.3, -0.25) is 4.90 Å². The highest BCUT2D eigenvalue weighted by atomic mass is 16.3. The van der Waals surface area contributed by atoms with E-state index >= 15 is 0 Å². The Balaban J connectivity index is 2.01. The second-order valence-electron chi connectivity index (χ2n) is 5.94. The maximum absolute atomic E-state index is 10.1. The smallest absolute Gasteiger partial charge is 0.0695 e. The van der Waals surface area contributed by atoms with E-state index in [1.54, 1.807) is 0 Å². The molecule has 1 heterocycles. The monoisotopic (exact) mass is 211 g/mol. The SMILES string of the molecule is CC1CCC(O)C(N2CC(C)CC2C)C1. The summed E-state index contributed by atoms with van der Waals surface area (Å²) in [4.78, 5) is 2.56. The first kappa shape index (κ1) is 11.4. The number of nitrogens with zero attached hydrogens (tertiary/aromatic N) is 1. The minimum Gasteiger partial charge on any atom is -0.391 e. The van der Waals surface area contributed by atoms with Crippen molar-refractivity contribution >= 4 is 0 Å². The van der Waals surface area contributed by atoms with Gasteiger partial charge in [0.2, 0.25) is 0 Å². The van der Waals surface area contributed by atoms with E-state index in [4.69, 9.17) is 0 Å². The minimum absolute atomic E-state index is 0.0750. The number of rotatable bonds is 1. The average molecular weight is 211 g/mol. The zero-order valence-corrected chi connectivity index (χ0v) is 10.3. The Morgan fingerprint density at radius 1 is 1.00 bits per heavy atom. The van der Waals surface area contributed by atoms with E-state index in [2.05, 4.69) is 25.7 Å². The van der Waals surface area contributed by atoms with Gasteiger partial charge in [-0.15, -0.1) is 0 Å². The second-order valence-corrected chi connectivity index (χ2v) is 5.94. The highest BCUT2D eigenvalue weighted by Gasteiger charge is 2.37. The van der Waals surface area contributed by atoms with Crippen LogP contribution in [0.3, 0.4) is 0 Å². The Morgan fingerprint density at radius 2 is 1.73 bits per heavy atom. The van der Waals surface area contributed by atoms with Gasteiger partial charge < -0.3 is 5.11 Å². The summed E-state index contributed by atoms with van der Waals surface area (Å²) in [5.74, 6) is 1.60. The summed E-state index contributed by atoms with van der Waals surface area (Å²) in [6.45, 7) is 8.16. The van der Waals surface area contributed by atoms with Crippen LogP contribution in [0.5, 0.6) is 0 Å². The molecule has 2 rings (SSSR count). The first-order valence-electron chi connectivity index (χ1n) is 6.51. The van der Waals surface area contributed by atoms with Gasteiger partial charge in [0, 0.05) is 18.6 Å². The third-order valence-electron chi connectivity index (χ3n) is 4.30. The fraction of sp³-hybridized carbons (Fsp3) is 1.00. The fourth-order valence-electron chi connectivity index (χ4n) is 3.49. The third-order valence-corrected chi connectivity index (χ3v) is 4.30. The van der Waals surface area contributed by atoms with E-state index in [0.717, 1.165) is 18.3 Å².